The van der Waals surface area contributed by atoms with Gasteiger partial charge in [0.2, 0.25) is 5.91 Å². The van der Waals surface area contributed by atoms with Crippen molar-refractivity contribution in [3.05, 3.63) is 41.7 Å². The summed E-state index contributed by atoms with van der Waals surface area (Å²) in [7, 11) is 0. The van der Waals surface area contributed by atoms with Crippen LogP contribution in [0.25, 0.3) is 0 Å². The van der Waals surface area contributed by atoms with Gasteiger partial charge in [-0.1, -0.05) is 0 Å². The van der Waals surface area contributed by atoms with Gasteiger partial charge in [0.1, 0.15) is 17.9 Å². The molecule has 1 N–H and O–H groups in total. The van der Waals surface area contributed by atoms with E-state index in [9.17, 15) is 22.4 Å². The molecule has 0 unspecified atom stereocenters. The molecule has 1 amide bonds. The number of halogens is 4. The van der Waals surface area contributed by atoms with E-state index in [-0.39, 0.29) is 0 Å². The smallest absolute Gasteiger partial charge is 0.282 e. The maximum atomic E-state index is 12.9. The maximum absolute atomic E-state index is 12.9. The molecule has 142 valence electrons. The normalized spacial score (nSPS) is 11.2. The SMILES string of the molecule is CCN(CC)c1ccc(NC(=O)Cn2nc(C(F)F)cc2C(F)F)cc1. The molecule has 1 aromatic heterocycles. The first-order chi connectivity index (χ1) is 12.3. The molecule has 2 aromatic rings. The van der Waals surface area contributed by atoms with Gasteiger partial charge in [0.05, 0.1) is 0 Å². The minimum absolute atomic E-state index is 0.478. The average Bonchev–Trinajstić information content (AvgIpc) is 3.01. The van der Waals surface area contributed by atoms with Crippen LogP contribution in [0.1, 0.15) is 38.1 Å². The number of rotatable bonds is 8. The quantitative estimate of drug-likeness (QED) is 0.705. The zero-order valence-corrected chi connectivity index (χ0v) is 14.4. The largest absolute Gasteiger partial charge is 0.372 e. The molecular formula is C17H20F4N4O. The van der Waals surface area contributed by atoms with E-state index in [0.29, 0.717) is 16.4 Å². The van der Waals surface area contributed by atoms with Crippen molar-refractivity contribution in [2.75, 3.05) is 23.3 Å². The number of aromatic nitrogens is 2. The Morgan fingerprint density at radius 3 is 2.23 bits per heavy atom. The number of benzene rings is 1. The lowest BCUT2D eigenvalue weighted by Crippen LogP contribution is -2.22. The molecule has 0 aliphatic rings. The van der Waals surface area contributed by atoms with Crippen LogP contribution in [-0.4, -0.2) is 28.8 Å². The van der Waals surface area contributed by atoms with Crippen LogP contribution in [0.3, 0.4) is 0 Å². The van der Waals surface area contributed by atoms with Gasteiger partial charge in [0, 0.05) is 24.5 Å². The first-order valence-corrected chi connectivity index (χ1v) is 8.14. The molecule has 1 aromatic carbocycles. The fourth-order valence-electron chi connectivity index (χ4n) is 2.54. The summed E-state index contributed by atoms with van der Waals surface area (Å²) in [5.74, 6) is -0.633. The van der Waals surface area contributed by atoms with Crippen molar-refractivity contribution in [2.45, 2.75) is 33.2 Å². The molecule has 0 radical (unpaired) electrons. The van der Waals surface area contributed by atoms with Crippen molar-refractivity contribution < 1.29 is 22.4 Å². The number of anilines is 2. The molecule has 0 saturated heterocycles. The van der Waals surface area contributed by atoms with Gasteiger partial charge in [-0.15, -0.1) is 0 Å². The third kappa shape index (κ3) is 4.74. The lowest BCUT2D eigenvalue weighted by atomic mass is 10.2. The first kappa shape index (κ1) is 19.7. The van der Waals surface area contributed by atoms with E-state index < -0.39 is 36.7 Å². The Bertz CT molecular complexity index is 727. The topological polar surface area (TPSA) is 50.2 Å². The number of carbonyl (C=O) groups excluding carboxylic acids is 1. The van der Waals surface area contributed by atoms with Crippen LogP contribution < -0.4 is 10.2 Å². The van der Waals surface area contributed by atoms with Crippen LogP contribution in [-0.2, 0) is 11.3 Å². The van der Waals surface area contributed by atoms with Crippen LogP contribution >= 0.6 is 0 Å². The lowest BCUT2D eigenvalue weighted by Gasteiger charge is -2.21. The highest BCUT2D eigenvalue weighted by molar-refractivity contribution is 5.90. The van der Waals surface area contributed by atoms with Gasteiger partial charge in [-0.05, 0) is 44.2 Å². The van der Waals surface area contributed by atoms with Crippen molar-refractivity contribution in [3.63, 3.8) is 0 Å². The predicted molar refractivity (Wildman–Crippen MR) is 90.8 cm³/mol. The van der Waals surface area contributed by atoms with E-state index >= 15 is 0 Å². The summed E-state index contributed by atoms with van der Waals surface area (Å²) in [6, 6.07) is 7.65. The Kier molecular flexibility index (Phi) is 6.59. The molecule has 0 saturated carbocycles. The Morgan fingerprint density at radius 1 is 1.12 bits per heavy atom. The molecule has 0 bridgehead atoms. The van der Waals surface area contributed by atoms with Crippen LogP contribution in [0.2, 0.25) is 0 Å². The maximum Gasteiger partial charge on any atom is 0.282 e. The number of amides is 1. The summed E-state index contributed by atoms with van der Waals surface area (Å²) in [4.78, 5) is 14.2. The van der Waals surface area contributed by atoms with Gasteiger partial charge >= 0.3 is 0 Å². The van der Waals surface area contributed by atoms with Gasteiger partial charge in [0.15, 0.2) is 0 Å². The third-order valence-corrected chi connectivity index (χ3v) is 3.85. The zero-order chi connectivity index (χ0) is 19.3. The summed E-state index contributed by atoms with van der Waals surface area (Å²) in [6.07, 6.45) is -5.99. The predicted octanol–water partition coefficient (Wildman–Crippen LogP) is 4.24. The lowest BCUT2D eigenvalue weighted by molar-refractivity contribution is -0.117. The van der Waals surface area contributed by atoms with Crippen molar-refractivity contribution in [3.8, 4) is 0 Å². The molecule has 26 heavy (non-hydrogen) atoms. The van der Waals surface area contributed by atoms with Gasteiger partial charge in [-0.2, -0.15) is 5.10 Å². The van der Waals surface area contributed by atoms with E-state index in [0.717, 1.165) is 18.8 Å². The van der Waals surface area contributed by atoms with Gasteiger partial charge < -0.3 is 10.2 Å². The van der Waals surface area contributed by atoms with Gasteiger partial charge in [0.25, 0.3) is 12.9 Å². The summed E-state index contributed by atoms with van der Waals surface area (Å²) >= 11 is 0. The summed E-state index contributed by atoms with van der Waals surface area (Å²) in [6.45, 7) is 5.15. The highest BCUT2D eigenvalue weighted by Gasteiger charge is 2.22. The average molecular weight is 372 g/mol. The van der Waals surface area contributed by atoms with E-state index in [1.807, 2.05) is 26.0 Å². The highest BCUT2D eigenvalue weighted by Crippen LogP contribution is 2.25. The number of hydrogen-bond acceptors (Lipinski definition) is 3. The summed E-state index contributed by atoms with van der Waals surface area (Å²) < 4.78 is 51.7. The fraction of sp³-hybridized carbons (Fsp3) is 0.412. The van der Waals surface area contributed by atoms with Crippen LogP contribution in [0.4, 0.5) is 28.9 Å². The minimum Gasteiger partial charge on any atom is -0.372 e. The summed E-state index contributed by atoms with van der Waals surface area (Å²) in [5.41, 5.74) is -0.0311. The molecule has 0 aliphatic heterocycles. The standard InChI is InChI=1S/C17H20F4N4O/c1-3-24(4-2)12-7-5-11(6-8-12)22-15(26)10-25-14(17(20)21)9-13(23-25)16(18)19/h5-9,16-17H,3-4,10H2,1-2H3,(H,22,26). The minimum atomic E-state index is -3.00. The highest BCUT2D eigenvalue weighted by atomic mass is 19.3. The molecule has 0 fully saturated rings. The van der Waals surface area contributed by atoms with Crippen molar-refractivity contribution in [1.82, 2.24) is 9.78 Å². The fourth-order valence-corrected chi connectivity index (χ4v) is 2.54. The first-order valence-electron chi connectivity index (χ1n) is 8.14. The van der Waals surface area contributed by atoms with Crippen molar-refractivity contribution >= 4 is 17.3 Å². The van der Waals surface area contributed by atoms with Crippen LogP contribution in [0.15, 0.2) is 30.3 Å². The molecular weight excluding hydrogens is 352 g/mol. The number of alkyl halides is 4. The molecule has 2 rings (SSSR count). The van der Waals surface area contributed by atoms with E-state index in [2.05, 4.69) is 15.3 Å². The number of carbonyl (C=O) groups is 1. The Labute approximate surface area is 148 Å². The number of hydrogen-bond donors (Lipinski definition) is 1. The second kappa shape index (κ2) is 8.68. The Balaban J connectivity index is 2.07. The van der Waals surface area contributed by atoms with Crippen molar-refractivity contribution in [1.29, 1.82) is 0 Å². The summed E-state index contributed by atoms with van der Waals surface area (Å²) in [5, 5.41) is 5.94. The second-order valence-electron chi connectivity index (χ2n) is 5.52. The number of nitrogens with one attached hydrogen (secondary N) is 1. The Hall–Kier alpha value is -2.58. The monoisotopic (exact) mass is 372 g/mol. The van der Waals surface area contributed by atoms with Crippen LogP contribution in [0, 0.1) is 0 Å². The van der Waals surface area contributed by atoms with E-state index in [1.54, 1.807) is 12.1 Å². The number of nitrogens with zero attached hydrogens (tertiary/aromatic N) is 3. The van der Waals surface area contributed by atoms with Gasteiger partial charge in [-0.25, -0.2) is 17.6 Å². The van der Waals surface area contributed by atoms with E-state index in [1.165, 1.54) is 0 Å². The second-order valence-corrected chi connectivity index (χ2v) is 5.52. The van der Waals surface area contributed by atoms with Gasteiger partial charge in [-0.3, -0.25) is 9.48 Å². The van der Waals surface area contributed by atoms with Crippen LogP contribution in [0.5, 0.6) is 0 Å². The molecule has 1 heterocycles. The molecule has 0 atom stereocenters. The molecule has 9 heteroatoms. The Morgan fingerprint density at radius 2 is 1.73 bits per heavy atom. The van der Waals surface area contributed by atoms with Crippen molar-refractivity contribution in [2.24, 2.45) is 0 Å². The molecule has 0 aliphatic carbocycles. The molecule has 5 nitrogen and oxygen atoms in total. The zero-order valence-electron chi connectivity index (χ0n) is 14.4. The molecule has 0 spiro atoms. The third-order valence-electron chi connectivity index (χ3n) is 3.85. The van der Waals surface area contributed by atoms with E-state index in [4.69, 9.17) is 0 Å².